The molecule has 3 N–H and O–H groups in total. The second kappa shape index (κ2) is 8.38. The summed E-state index contributed by atoms with van der Waals surface area (Å²) in [6, 6.07) is 14.9. The first-order chi connectivity index (χ1) is 14.9. The molecule has 8 nitrogen and oxygen atoms in total. The number of amides is 1. The molecule has 160 valence electrons. The number of carbonyl (C=O) groups excluding carboxylic acids is 1. The maximum absolute atomic E-state index is 12.3. The maximum atomic E-state index is 12.3. The quantitative estimate of drug-likeness (QED) is 0.627. The summed E-state index contributed by atoms with van der Waals surface area (Å²) in [6.45, 7) is 0.916. The standard InChI is InChI=1S/C23H24N4O4/c1-27-19-11-17(6-7-20(19)31-22(27)29)16-4-2-15(3-5-16)10-18(13-24)26-21(28)12-23(25)8-9-30-14-23/h2-7,11,18H,8-10,12,14,25H2,1H3,(H,26,28). The van der Waals surface area contributed by atoms with Crippen LogP contribution in [0.1, 0.15) is 18.4 Å². The molecule has 2 atom stereocenters. The van der Waals surface area contributed by atoms with Gasteiger partial charge in [-0.2, -0.15) is 5.26 Å². The van der Waals surface area contributed by atoms with Crippen LogP contribution in [0, 0.1) is 11.3 Å². The van der Waals surface area contributed by atoms with Gasteiger partial charge in [0.05, 0.1) is 23.7 Å². The lowest BCUT2D eigenvalue weighted by molar-refractivity contribution is -0.122. The molecular formula is C23H24N4O4. The Kier molecular flexibility index (Phi) is 5.63. The van der Waals surface area contributed by atoms with Crippen molar-refractivity contribution in [2.24, 2.45) is 12.8 Å². The van der Waals surface area contributed by atoms with Crippen molar-refractivity contribution in [2.45, 2.75) is 30.8 Å². The number of fused-ring (bicyclic) bond motifs is 1. The van der Waals surface area contributed by atoms with E-state index >= 15 is 0 Å². The van der Waals surface area contributed by atoms with E-state index in [1.165, 1.54) is 4.57 Å². The van der Waals surface area contributed by atoms with E-state index in [4.69, 9.17) is 14.9 Å². The second-order valence-corrected chi connectivity index (χ2v) is 8.10. The Morgan fingerprint density at radius 1 is 1.29 bits per heavy atom. The number of aromatic nitrogens is 1. The third-order valence-electron chi connectivity index (χ3n) is 5.66. The number of carbonyl (C=O) groups is 1. The van der Waals surface area contributed by atoms with Crippen LogP contribution in [0.2, 0.25) is 0 Å². The number of oxazole rings is 1. The summed E-state index contributed by atoms with van der Waals surface area (Å²) in [4.78, 5) is 24.0. The number of benzene rings is 2. The average Bonchev–Trinajstić information content (AvgIpc) is 3.30. The molecule has 31 heavy (non-hydrogen) atoms. The number of hydrogen-bond donors (Lipinski definition) is 2. The van der Waals surface area contributed by atoms with Crippen LogP contribution in [0.4, 0.5) is 0 Å². The third kappa shape index (κ3) is 4.53. The van der Waals surface area contributed by atoms with Crippen LogP contribution in [0.25, 0.3) is 22.2 Å². The predicted molar refractivity (Wildman–Crippen MR) is 115 cm³/mol. The highest BCUT2D eigenvalue weighted by Gasteiger charge is 2.33. The van der Waals surface area contributed by atoms with E-state index < -0.39 is 17.3 Å². The largest absolute Gasteiger partial charge is 0.419 e. The highest BCUT2D eigenvalue weighted by atomic mass is 16.5. The van der Waals surface area contributed by atoms with Crippen molar-refractivity contribution in [3.8, 4) is 17.2 Å². The van der Waals surface area contributed by atoms with Gasteiger partial charge in [0.1, 0.15) is 6.04 Å². The smallest absolute Gasteiger partial charge is 0.408 e. The fraction of sp³-hybridized carbons (Fsp3) is 0.348. The molecule has 1 saturated heterocycles. The van der Waals surface area contributed by atoms with Gasteiger partial charge in [-0.25, -0.2) is 4.79 Å². The fourth-order valence-electron chi connectivity index (χ4n) is 3.83. The molecule has 2 heterocycles. The van der Waals surface area contributed by atoms with Crippen LogP contribution < -0.4 is 16.8 Å². The highest BCUT2D eigenvalue weighted by molar-refractivity contribution is 5.80. The molecule has 1 aromatic heterocycles. The Labute approximate surface area is 179 Å². The zero-order valence-corrected chi connectivity index (χ0v) is 17.3. The number of ether oxygens (including phenoxy) is 1. The summed E-state index contributed by atoms with van der Waals surface area (Å²) in [6.07, 6.45) is 1.17. The van der Waals surface area contributed by atoms with Gasteiger partial charge < -0.3 is 20.2 Å². The van der Waals surface area contributed by atoms with Crippen molar-refractivity contribution in [1.29, 1.82) is 5.26 Å². The van der Waals surface area contributed by atoms with Gasteiger partial charge in [0.15, 0.2) is 5.58 Å². The molecule has 1 aliphatic rings. The first kappa shape index (κ1) is 20.8. The van der Waals surface area contributed by atoms with Crippen molar-refractivity contribution < 1.29 is 13.9 Å². The Morgan fingerprint density at radius 2 is 2.03 bits per heavy atom. The summed E-state index contributed by atoms with van der Waals surface area (Å²) in [5.41, 5.74) is 9.63. The Bertz CT molecular complexity index is 1200. The minimum absolute atomic E-state index is 0.142. The minimum Gasteiger partial charge on any atom is -0.408 e. The number of nitriles is 1. The van der Waals surface area contributed by atoms with Gasteiger partial charge >= 0.3 is 5.76 Å². The van der Waals surface area contributed by atoms with Gasteiger partial charge in [0, 0.05) is 26.5 Å². The maximum Gasteiger partial charge on any atom is 0.419 e. The summed E-state index contributed by atoms with van der Waals surface area (Å²) in [5, 5.41) is 12.2. The van der Waals surface area contributed by atoms with Gasteiger partial charge in [-0.1, -0.05) is 30.3 Å². The summed E-state index contributed by atoms with van der Waals surface area (Å²) >= 11 is 0. The molecule has 0 radical (unpaired) electrons. The topological polar surface area (TPSA) is 123 Å². The second-order valence-electron chi connectivity index (χ2n) is 8.10. The number of hydrogen-bond acceptors (Lipinski definition) is 6. The number of nitrogens with two attached hydrogens (primary N) is 1. The third-order valence-corrected chi connectivity index (χ3v) is 5.66. The lowest BCUT2D eigenvalue weighted by Crippen LogP contribution is -2.47. The lowest BCUT2D eigenvalue weighted by atomic mass is 9.95. The Hall–Kier alpha value is -3.41. The minimum atomic E-state index is -0.648. The van der Waals surface area contributed by atoms with E-state index in [1.54, 1.807) is 13.1 Å². The average molecular weight is 420 g/mol. The monoisotopic (exact) mass is 420 g/mol. The molecule has 4 rings (SSSR count). The van der Waals surface area contributed by atoms with Crippen molar-refractivity contribution in [2.75, 3.05) is 13.2 Å². The Balaban J connectivity index is 1.42. The van der Waals surface area contributed by atoms with Gasteiger partial charge in [0.25, 0.3) is 0 Å². The molecule has 0 bridgehead atoms. The molecule has 1 aliphatic heterocycles. The van der Waals surface area contributed by atoms with Crippen molar-refractivity contribution >= 4 is 17.0 Å². The van der Waals surface area contributed by atoms with Crippen molar-refractivity contribution in [3.05, 3.63) is 58.6 Å². The van der Waals surface area contributed by atoms with E-state index in [1.807, 2.05) is 36.4 Å². The summed E-state index contributed by atoms with van der Waals surface area (Å²) in [5.74, 6) is -0.636. The zero-order chi connectivity index (χ0) is 22.0. The molecule has 2 unspecified atom stereocenters. The van der Waals surface area contributed by atoms with Gasteiger partial charge in [-0.05, 0) is 35.2 Å². The first-order valence-corrected chi connectivity index (χ1v) is 10.1. The van der Waals surface area contributed by atoms with Crippen molar-refractivity contribution in [3.63, 3.8) is 0 Å². The fourth-order valence-corrected chi connectivity index (χ4v) is 3.83. The highest BCUT2D eigenvalue weighted by Crippen LogP contribution is 2.24. The van der Waals surface area contributed by atoms with Gasteiger partial charge in [-0.3, -0.25) is 9.36 Å². The summed E-state index contributed by atoms with van der Waals surface area (Å²) in [7, 11) is 1.67. The van der Waals surface area contributed by atoms with Gasteiger partial charge in [0.2, 0.25) is 5.91 Å². The molecule has 1 fully saturated rings. The normalized spacial score (nSPS) is 19.3. The van der Waals surface area contributed by atoms with E-state index in [0.29, 0.717) is 31.6 Å². The number of nitrogens with zero attached hydrogens (tertiary/aromatic N) is 2. The molecule has 2 aromatic carbocycles. The Morgan fingerprint density at radius 3 is 2.71 bits per heavy atom. The van der Waals surface area contributed by atoms with Crippen LogP contribution in [-0.4, -0.2) is 35.3 Å². The van der Waals surface area contributed by atoms with Crippen molar-refractivity contribution in [1.82, 2.24) is 9.88 Å². The first-order valence-electron chi connectivity index (χ1n) is 10.1. The zero-order valence-electron chi connectivity index (χ0n) is 17.3. The number of rotatable bonds is 6. The van der Waals surface area contributed by atoms with Crippen LogP contribution in [0.5, 0.6) is 0 Å². The molecule has 3 aromatic rings. The molecule has 8 heteroatoms. The van der Waals surface area contributed by atoms with Crippen LogP contribution in [0.3, 0.4) is 0 Å². The summed E-state index contributed by atoms with van der Waals surface area (Å²) < 4.78 is 11.9. The molecule has 0 saturated carbocycles. The van der Waals surface area contributed by atoms with E-state index in [9.17, 15) is 14.9 Å². The molecular weight excluding hydrogens is 396 g/mol. The van der Waals surface area contributed by atoms with Crippen LogP contribution >= 0.6 is 0 Å². The molecule has 0 aliphatic carbocycles. The van der Waals surface area contributed by atoms with Gasteiger partial charge in [-0.15, -0.1) is 0 Å². The van der Waals surface area contributed by atoms with E-state index in [2.05, 4.69) is 11.4 Å². The lowest BCUT2D eigenvalue weighted by Gasteiger charge is -2.22. The molecule has 0 spiro atoms. The van der Waals surface area contributed by atoms with Crippen LogP contribution in [-0.2, 0) is 23.0 Å². The van der Waals surface area contributed by atoms with E-state index in [0.717, 1.165) is 22.2 Å². The number of aryl methyl sites for hydroxylation is 1. The van der Waals surface area contributed by atoms with Crippen LogP contribution in [0.15, 0.2) is 51.7 Å². The number of nitrogens with one attached hydrogen (secondary N) is 1. The SMILES string of the molecule is Cn1c(=O)oc2ccc(-c3ccc(CC(C#N)NC(=O)CC4(N)CCOC4)cc3)cc21. The predicted octanol–water partition coefficient (Wildman–Crippen LogP) is 1.86. The molecule has 1 amide bonds. The van der Waals surface area contributed by atoms with E-state index in [-0.39, 0.29) is 12.3 Å².